The standard InChI is InChI=1S/C21H21IN2O4/c1-13(2)28-17-7-5-6-16(11-17)24-21(25)15(12-23)8-14-9-18(22)20(27-4)19(10-14)26-3/h5-11,13H,1-4H3,(H,24,25)/b15-8-. The first-order chi connectivity index (χ1) is 13.4. The number of anilines is 1. The molecule has 2 aromatic carbocycles. The SMILES string of the molecule is COc1cc(/C=C(/C#N)C(=O)Nc2cccc(OC(C)C)c2)cc(I)c1OC. The first-order valence-corrected chi connectivity index (χ1v) is 9.57. The van der Waals surface area contributed by atoms with Crippen LogP contribution in [0.2, 0.25) is 0 Å². The van der Waals surface area contributed by atoms with Crippen molar-refractivity contribution in [2.45, 2.75) is 20.0 Å². The Hall–Kier alpha value is -2.73. The van der Waals surface area contributed by atoms with Gasteiger partial charge in [0, 0.05) is 11.8 Å². The van der Waals surface area contributed by atoms with Gasteiger partial charge in [0.2, 0.25) is 0 Å². The fourth-order valence-electron chi connectivity index (χ4n) is 2.45. The number of rotatable bonds is 7. The van der Waals surface area contributed by atoms with E-state index in [0.717, 1.165) is 3.57 Å². The van der Waals surface area contributed by atoms with Gasteiger partial charge in [-0.05, 0) is 72.3 Å². The lowest BCUT2D eigenvalue weighted by Gasteiger charge is -2.12. The molecule has 0 spiro atoms. The van der Waals surface area contributed by atoms with Crippen LogP contribution in [0.3, 0.4) is 0 Å². The molecule has 1 amide bonds. The molecule has 0 aliphatic carbocycles. The van der Waals surface area contributed by atoms with Crippen molar-refractivity contribution < 1.29 is 19.0 Å². The van der Waals surface area contributed by atoms with Crippen LogP contribution in [0.5, 0.6) is 17.2 Å². The molecule has 0 aliphatic heterocycles. The molecule has 0 heterocycles. The van der Waals surface area contributed by atoms with E-state index in [0.29, 0.717) is 28.5 Å². The molecule has 0 fully saturated rings. The van der Waals surface area contributed by atoms with Crippen molar-refractivity contribution in [2.24, 2.45) is 0 Å². The average Bonchev–Trinajstić information content (AvgIpc) is 2.65. The zero-order valence-electron chi connectivity index (χ0n) is 16.1. The van der Waals surface area contributed by atoms with Gasteiger partial charge in [-0.15, -0.1) is 0 Å². The summed E-state index contributed by atoms with van der Waals surface area (Å²) in [6, 6.07) is 12.5. The quantitative estimate of drug-likeness (QED) is 0.346. The summed E-state index contributed by atoms with van der Waals surface area (Å²) in [7, 11) is 3.09. The maximum atomic E-state index is 12.5. The van der Waals surface area contributed by atoms with Crippen molar-refractivity contribution in [3.8, 4) is 23.3 Å². The van der Waals surface area contributed by atoms with Gasteiger partial charge in [0.15, 0.2) is 11.5 Å². The van der Waals surface area contributed by atoms with Crippen LogP contribution in [-0.2, 0) is 4.79 Å². The summed E-state index contributed by atoms with van der Waals surface area (Å²) in [5, 5.41) is 12.2. The fourth-order valence-corrected chi connectivity index (χ4v) is 3.30. The number of nitriles is 1. The minimum atomic E-state index is -0.506. The van der Waals surface area contributed by atoms with Crippen molar-refractivity contribution in [1.82, 2.24) is 0 Å². The molecule has 1 N–H and O–H groups in total. The lowest BCUT2D eigenvalue weighted by molar-refractivity contribution is -0.112. The average molecular weight is 492 g/mol. The van der Waals surface area contributed by atoms with E-state index in [2.05, 4.69) is 27.9 Å². The number of hydrogen-bond acceptors (Lipinski definition) is 5. The Kier molecular flexibility index (Phi) is 7.70. The van der Waals surface area contributed by atoms with E-state index >= 15 is 0 Å². The lowest BCUT2D eigenvalue weighted by atomic mass is 10.1. The molecular weight excluding hydrogens is 471 g/mol. The van der Waals surface area contributed by atoms with Crippen molar-refractivity contribution in [3.63, 3.8) is 0 Å². The normalized spacial score (nSPS) is 11.0. The third-order valence-electron chi connectivity index (χ3n) is 3.60. The zero-order chi connectivity index (χ0) is 20.7. The first-order valence-electron chi connectivity index (χ1n) is 8.49. The second kappa shape index (κ2) is 9.99. The third-order valence-corrected chi connectivity index (χ3v) is 4.40. The second-order valence-electron chi connectivity index (χ2n) is 6.06. The number of nitrogens with zero attached hydrogens (tertiary/aromatic N) is 1. The molecular formula is C21H21IN2O4. The van der Waals surface area contributed by atoms with Crippen LogP contribution in [0.25, 0.3) is 6.08 Å². The highest BCUT2D eigenvalue weighted by Gasteiger charge is 2.13. The van der Waals surface area contributed by atoms with E-state index in [9.17, 15) is 10.1 Å². The van der Waals surface area contributed by atoms with Gasteiger partial charge in [-0.25, -0.2) is 0 Å². The summed E-state index contributed by atoms with van der Waals surface area (Å²) in [5.41, 5.74) is 1.18. The van der Waals surface area contributed by atoms with Crippen molar-refractivity contribution in [1.29, 1.82) is 5.26 Å². The Morgan fingerprint density at radius 2 is 1.96 bits per heavy atom. The van der Waals surface area contributed by atoms with Crippen molar-refractivity contribution in [2.75, 3.05) is 19.5 Å². The summed E-state index contributed by atoms with van der Waals surface area (Å²) >= 11 is 2.11. The number of nitrogens with one attached hydrogen (secondary N) is 1. The Bertz CT molecular complexity index is 932. The molecule has 0 aliphatic rings. The molecule has 0 radical (unpaired) electrons. The first kappa shape index (κ1) is 21.6. The monoisotopic (exact) mass is 492 g/mol. The van der Waals surface area contributed by atoms with E-state index in [1.165, 1.54) is 13.2 Å². The molecule has 0 saturated carbocycles. The summed E-state index contributed by atoms with van der Waals surface area (Å²) < 4.78 is 17.1. The highest BCUT2D eigenvalue weighted by Crippen LogP contribution is 2.34. The third kappa shape index (κ3) is 5.63. The van der Waals surface area contributed by atoms with Crippen molar-refractivity contribution in [3.05, 3.63) is 51.1 Å². The minimum absolute atomic E-state index is 0.0213. The number of methoxy groups -OCH3 is 2. The van der Waals surface area contributed by atoms with Crippen molar-refractivity contribution >= 4 is 40.3 Å². The van der Waals surface area contributed by atoms with Crippen LogP contribution in [0.15, 0.2) is 42.0 Å². The van der Waals surface area contributed by atoms with E-state index in [4.69, 9.17) is 14.2 Å². The van der Waals surface area contributed by atoms with Crippen LogP contribution in [0, 0.1) is 14.9 Å². The predicted molar refractivity (Wildman–Crippen MR) is 117 cm³/mol. The van der Waals surface area contributed by atoms with Crippen LogP contribution < -0.4 is 19.5 Å². The number of ether oxygens (including phenoxy) is 3. The van der Waals surface area contributed by atoms with Crippen LogP contribution >= 0.6 is 22.6 Å². The summed E-state index contributed by atoms with van der Waals surface area (Å²) in [5.74, 6) is 1.26. The molecule has 2 aromatic rings. The van der Waals surface area contributed by atoms with Crippen LogP contribution in [0.4, 0.5) is 5.69 Å². The Morgan fingerprint density at radius 3 is 2.57 bits per heavy atom. The smallest absolute Gasteiger partial charge is 0.266 e. The number of carbonyl (C=O) groups is 1. The second-order valence-corrected chi connectivity index (χ2v) is 7.22. The Labute approximate surface area is 178 Å². The van der Waals surface area contributed by atoms with E-state index in [1.807, 2.05) is 32.0 Å². The highest BCUT2D eigenvalue weighted by molar-refractivity contribution is 14.1. The molecule has 146 valence electrons. The summed E-state index contributed by atoms with van der Waals surface area (Å²) in [4.78, 5) is 12.5. The number of halogens is 1. The molecule has 0 unspecified atom stereocenters. The van der Waals surface area contributed by atoms with E-state index in [1.54, 1.807) is 31.4 Å². The number of hydrogen-bond donors (Lipinski definition) is 1. The minimum Gasteiger partial charge on any atom is -0.493 e. The maximum Gasteiger partial charge on any atom is 0.266 e. The fraction of sp³-hybridized carbons (Fsp3) is 0.238. The van der Waals surface area contributed by atoms with Gasteiger partial charge < -0.3 is 19.5 Å². The van der Waals surface area contributed by atoms with E-state index < -0.39 is 5.91 Å². The number of carbonyl (C=O) groups excluding carboxylic acids is 1. The molecule has 0 saturated heterocycles. The summed E-state index contributed by atoms with van der Waals surface area (Å²) in [6.45, 7) is 3.85. The van der Waals surface area contributed by atoms with Gasteiger partial charge in [-0.3, -0.25) is 4.79 Å². The largest absolute Gasteiger partial charge is 0.493 e. The number of benzene rings is 2. The Morgan fingerprint density at radius 1 is 1.21 bits per heavy atom. The van der Waals surface area contributed by atoms with Crippen LogP contribution in [-0.4, -0.2) is 26.2 Å². The maximum absolute atomic E-state index is 12.5. The highest BCUT2D eigenvalue weighted by atomic mass is 127. The lowest BCUT2D eigenvalue weighted by Crippen LogP contribution is -2.14. The molecule has 7 heteroatoms. The molecule has 6 nitrogen and oxygen atoms in total. The Balaban J connectivity index is 2.27. The molecule has 0 atom stereocenters. The van der Waals surface area contributed by atoms with Gasteiger partial charge in [0.05, 0.1) is 23.9 Å². The van der Waals surface area contributed by atoms with Gasteiger partial charge in [0.1, 0.15) is 17.4 Å². The van der Waals surface area contributed by atoms with Gasteiger partial charge in [0.25, 0.3) is 5.91 Å². The molecule has 0 aromatic heterocycles. The molecule has 2 rings (SSSR count). The number of amides is 1. The zero-order valence-corrected chi connectivity index (χ0v) is 18.2. The summed E-state index contributed by atoms with van der Waals surface area (Å²) in [6.07, 6.45) is 1.53. The van der Waals surface area contributed by atoms with Gasteiger partial charge in [-0.2, -0.15) is 5.26 Å². The topological polar surface area (TPSA) is 80.6 Å². The molecule has 28 heavy (non-hydrogen) atoms. The van der Waals surface area contributed by atoms with Crippen LogP contribution in [0.1, 0.15) is 19.4 Å². The predicted octanol–water partition coefficient (Wildman–Crippen LogP) is 4.64. The van der Waals surface area contributed by atoms with Gasteiger partial charge >= 0.3 is 0 Å². The molecule has 0 bridgehead atoms. The van der Waals surface area contributed by atoms with E-state index in [-0.39, 0.29) is 11.7 Å². The van der Waals surface area contributed by atoms with Gasteiger partial charge in [-0.1, -0.05) is 6.07 Å².